The molecule has 0 heterocycles. The highest BCUT2D eigenvalue weighted by Gasteiger charge is 2.24. The number of rotatable bonds is 5. The first-order valence-electron chi connectivity index (χ1n) is 6.54. The van der Waals surface area contributed by atoms with Gasteiger partial charge in [0, 0.05) is 16.6 Å². The van der Waals surface area contributed by atoms with Crippen molar-refractivity contribution >= 4 is 11.6 Å². The molecule has 0 saturated heterocycles. The first-order chi connectivity index (χ1) is 8.33. The number of hydrogen-bond acceptors (Lipinski definition) is 2. The summed E-state index contributed by atoms with van der Waals surface area (Å²) in [7, 11) is 0. The molecule has 0 saturated carbocycles. The minimum Gasteiger partial charge on any atom is -0.387 e. The van der Waals surface area contributed by atoms with Crippen molar-refractivity contribution in [2.75, 3.05) is 0 Å². The van der Waals surface area contributed by atoms with Crippen molar-refractivity contribution < 1.29 is 5.11 Å². The molecule has 2 atom stereocenters. The molecule has 0 aliphatic rings. The largest absolute Gasteiger partial charge is 0.387 e. The van der Waals surface area contributed by atoms with Crippen molar-refractivity contribution in [3.63, 3.8) is 0 Å². The SMILES string of the molecule is CCCC(NC(C)(C)C)C(O)c1cccc(Cl)c1. The molecule has 0 aromatic heterocycles. The highest BCUT2D eigenvalue weighted by molar-refractivity contribution is 6.30. The number of hydrogen-bond donors (Lipinski definition) is 2. The van der Waals surface area contributed by atoms with Crippen LogP contribution in [0.25, 0.3) is 0 Å². The molecular formula is C15H24ClNO. The molecule has 1 rings (SSSR count). The second kappa shape index (κ2) is 6.55. The predicted octanol–water partition coefficient (Wildman–Crippen LogP) is 3.93. The lowest BCUT2D eigenvalue weighted by atomic mass is 9.95. The summed E-state index contributed by atoms with van der Waals surface area (Å²) in [5.41, 5.74) is 0.858. The zero-order valence-electron chi connectivity index (χ0n) is 11.7. The second-order valence-corrected chi connectivity index (χ2v) is 6.23. The fourth-order valence-electron chi connectivity index (χ4n) is 2.10. The molecule has 2 nitrogen and oxygen atoms in total. The normalized spacial score (nSPS) is 15.4. The van der Waals surface area contributed by atoms with E-state index in [4.69, 9.17) is 11.6 Å². The fraction of sp³-hybridized carbons (Fsp3) is 0.600. The summed E-state index contributed by atoms with van der Waals surface area (Å²) in [5.74, 6) is 0. The minimum absolute atomic E-state index is 0.0145. The van der Waals surface area contributed by atoms with Gasteiger partial charge in [-0.1, -0.05) is 37.1 Å². The summed E-state index contributed by atoms with van der Waals surface area (Å²) < 4.78 is 0. The summed E-state index contributed by atoms with van der Waals surface area (Å²) in [6.45, 7) is 8.46. The van der Waals surface area contributed by atoms with Crippen molar-refractivity contribution in [2.24, 2.45) is 0 Å². The lowest BCUT2D eigenvalue weighted by Crippen LogP contribution is -2.46. The molecule has 18 heavy (non-hydrogen) atoms. The van der Waals surface area contributed by atoms with E-state index in [1.807, 2.05) is 24.3 Å². The highest BCUT2D eigenvalue weighted by Crippen LogP contribution is 2.24. The van der Waals surface area contributed by atoms with E-state index in [0.29, 0.717) is 5.02 Å². The summed E-state index contributed by atoms with van der Waals surface area (Å²) in [5, 5.41) is 14.6. The van der Waals surface area contributed by atoms with Crippen LogP contribution < -0.4 is 5.32 Å². The third-order valence-corrected chi connectivity index (χ3v) is 3.02. The maximum Gasteiger partial charge on any atom is 0.0943 e. The monoisotopic (exact) mass is 269 g/mol. The van der Waals surface area contributed by atoms with E-state index >= 15 is 0 Å². The molecule has 2 unspecified atom stereocenters. The van der Waals surface area contributed by atoms with E-state index in [-0.39, 0.29) is 11.6 Å². The van der Waals surface area contributed by atoms with Crippen LogP contribution in [0.15, 0.2) is 24.3 Å². The van der Waals surface area contributed by atoms with Gasteiger partial charge in [-0.3, -0.25) is 0 Å². The van der Waals surface area contributed by atoms with Gasteiger partial charge in [-0.2, -0.15) is 0 Å². The Balaban J connectivity index is 2.85. The number of benzene rings is 1. The zero-order chi connectivity index (χ0) is 13.8. The van der Waals surface area contributed by atoms with Gasteiger partial charge in [0.1, 0.15) is 0 Å². The van der Waals surface area contributed by atoms with Crippen molar-refractivity contribution in [2.45, 2.75) is 58.2 Å². The molecule has 0 fully saturated rings. The molecular weight excluding hydrogens is 246 g/mol. The molecule has 3 heteroatoms. The van der Waals surface area contributed by atoms with Gasteiger partial charge in [0.25, 0.3) is 0 Å². The van der Waals surface area contributed by atoms with Crippen LogP contribution in [0.4, 0.5) is 0 Å². The van der Waals surface area contributed by atoms with Gasteiger partial charge in [-0.15, -0.1) is 0 Å². The third kappa shape index (κ3) is 4.97. The van der Waals surface area contributed by atoms with E-state index < -0.39 is 6.10 Å². The fourth-order valence-corrected chi connectivity index (χ4v) is 2.30. The van der Waals surface area contributed by atoms with E-state index in [1.165, 1.54) is 0 Å². The molecule has 0 radical (unpaired) electrons. The van der Waals surface area contributed by atoms with Crippen LogP contribution in [0.5, 0.6) is 0 Å². The van der Waals surface area contributed by atoms with Gasteiger partial charge in [0.15, 0.2) is 0 Å². The van der Waals surface area contributed by atoms with Crippen molar-refractivity contribution in [3.8, 4) is 0 Å². The standard InChI is InChI=1S/C15H24ClNO/c1-5-7-13(17-15(2,3)4)14(18)11-8-6-9-12(16)10-11/h6,8-10,13-14,17-18H,5,7H2,1-4H3. The number of aliphatic hydroxyl groups excluding tert-OH is 1. The van der Waals surface area contributed by atoms with Gasteiger partial charge < -0.3 is 10.4 Å². The Labute approximate surface area is 115 Å². The summed E-state index contributed by atoms with van der Waals surface area (Å²) >= 11 is 5.97. The van der Waals surface area contributed by atoms with E-state index in [9.17, 15) is 5.11 Å². The number of nitrogens with one attached hydrogen (secondary N) is 1. The van der Waals surface area contributed by atoms with Crippen molar-refractivity contribution in [3.05, 3.63) is 34.9 Å². The molecule has 1 aromatic carbocycles. The van der Waals surface area contributed by atoms with Crippen LogP contribution in [-0.4, -0.2) is 16.7 Å². The van der Waals surface area contributed by atoms with Crippen LogP contribution in [0.3, 0.4) is 0 Å². The van der Waals surface area contributed by atoms with Gasteiger partial charge in [-0.25, -0.2) is 0 Å². The summed E-state index contributed by atoms with van der Waals surface area (Å²) in [6, 6.07) is 7.50. The average Bonchev–Trinajstić information content (AvgIpc) is 2.26. The van der Waals surface area contributed by atoms with Crippen molar-refractivity contribution in [1.29, 1.82) is 0 Å². The Bertz CT molecular complexity index is 373. The van der Waals surface area contributed by atoms with E-state index in [0.717, 1.165) is 18.4 Å². The minimum atomic E-state index is -0.525. The van der Waals surface area contributed by atoms with Gasteiger partial charge in [0.2, 0.25) is 0 Å². The average molecular weight is 270 g/mol. The molecule has 0 amide bonds. The summed E-state index contributed by atoms with van der Waals surface area (Å²) in [4.78, 5) is 0. The van der Waals surface area contributed by atoms with Crippen molar-refractivity contribution in [1.82, 2.24) is 5.32 Å². The topological polar surface area (TPSA) is 32.3 Å². The molecule has 1 aromatic rings. The Morgan fingerprint density at radius 1 is 1.33 bits per heavy atom. The molecule has 102 valence electrons. The first kappa shape index (κ1) is 15.5. The van der Waals surface area contributed by atoms with E-state index in [2.05, 4.69) is 33.0 Å². The summed E-state index contributed by atoms with van der Waals surface area (Å²) in [6.07, 6.45) is 1.44. The van der Waals surface area contributed by atoms with Crippen LogP contribution >= 0.6 is 11.6 Å². The predicted molar refractivity (Wildman–Crippen MR) is 78.0 cm³/mol. The lowest BCUT2D eigenvalue weighted by Gasteiger charge is -2.32. The lowest BCUT2D eigenvalue weighted by molar-refractivity contribution is 0.108. The van der Waals surface area contributed by atoms with Crippen LogP contribution in [0.2, 0.25) is 5.02 Å². The molecule has 0 aliphatic heterocycles. The maximum atomic E-state index is 10.5. The number of halogens is 1. The van der Waals surface area contributed by atoms with E-state index in [1.54, 1.807) is 0 Å². The quantitative estimate of drug-likeness (QED) is 0.849. The third-order valence-electron chi connectivity index (χ3n) is 2.79. The van der Waals surface area contributed by atoms with Gasteiger partial charge in [-0.05, 0) is 44.9 Å². The van der Waals surface area contributed by atoms with Crippen LogP contribution in [0, 0.1) is 0 Å². The number of aliphatic hydroxyl groups is 1. The maximum absolute atomic E-state index is 10.5. The zero-order valence-corrected chi connectivity index (χ0v) is 12.5. The highest BCUT2D eigenvalue weighted by atomic mass is 35.5. The van der Waals surface area contributed by atoms with Gasteiger partial charge >= 0.3 is 0 Å². The smallest absolute Gasteiger partial charge is 0.0943 e. The molecule has 0 bridgehead atoms. The van der Waals surface area contributed by atoms with Crippen LogP contribution in [0.1, 0.15) is 52.2 Å². The Kier molecular flexibility index (Phi) is 5.64. The molecule has 2 N–H and O–H groups in total. The van der Waals surface area contributed by atoms with Gasteiger partial charge in [0.05, 0.1) is 6.10 Å². The molecule has 0 spiro atoms. The second-order valence-electron chi connectivity index (χ2n) is 5.79. The molecule has 0 aliphatic carbocycles. The Hall–Kier alpha value is -0.570. The van der Waals surface area contributed by atoms with Crippen LogP contribution in [-0.2, 0) is 0 Å². The Morgan fingerprint density at radius 3 is 2.50 bits per heavy atom. The first-order valence-corrected chi connectivity index (χ1v) is 6.92. The Morgan fingerprint density at radius 2 is 2.00 bits per heavy atom.